The van der Waals surface area contributed by atoms with Gasteiger partial charge in [-0.3, -0.25) is 4.79 Å². The number of rotatable bonds is 4. The SMILES string of the molecule is O=C(CCCl)NCc1cc2ccccc2o1. The first-order valence-electron chi connectivity index (χ1n) is 5.09. The van der Waals surface area contributed by atoms with Gasteiger partial charge in [-0.05, 0) is 12.1 Å². The lowest BCUT2D eigenvalue weighted by Crippen LogP contribution is -2.22. The molecule has 0 aliphatic heterocycles. The third-order valence-electron chi connectivity index (χ3n) is 2.26. The fourth-order valence-corrected chi connectivity index (χ4v) is 1.66. The number of amides is 1. The molecule has 2 aromatic rings. The number of hydrogen-bond acceptors (Lipinski definition) is 2. The first-order chi connectivity index (χ1) is 7.79. The summed E-state index contributed by atoms with van der Waals surface area (Å²) in [6.07, 6.45) is 0.335. The van der Waals surface area contributed by atoms with Crippen LogP contribution < -0.4 is 5.32 Å². The van der Waals surface area contributed by atoms with Crippen LogP contribution in [0.4, 0.5) is 0 Å². The van der Waals surface area contributed by atoms with Crippen molar-refractivity contribution < 1.29 is 9.21 Å². The van der Waals surface area contributed by atoms with E-state index in [-0.39, 0.29) is 5.91 Å². The normalized spacial score (nSPS) is 10.6. The predicted molar refractivity (Wildman–Crippen MR) is 63.4 cm³/mol. The second-order valence-electron chi connectivity index (χ2n) is 3.47. The number of nitrogens with one attached hydrogen (secondary N) is 1. The zero-order valence-electron chi connectivity index (χ0n) is 8.70. The molecule has 1 amide bonds. The van der Waals surface area contributed by atoms with Crippen LogP contribution in [0.3, 0.4) is 0 Å². The Balaban J connectivity index is 2.02. The lowest BCUT2D eigenvalue weighted by molar-refractivity contribution is -0.120. The maximum absolute atomic E-state index is 11.2. The number of furan rings is 1. The van der Waals surface area contributed by atoms with Gasteiger partial charge in [-0.1, -0.05) is 18.2 Å². The van der Waals surface area contributed by atoms with Gasteiger partial charge in [-0.15, -0.1) is 11.6 Å². The summed E-state index contributed by atoms with van der Waals surface area (Å²) in [5.41, 5.74) is 0.837. The molecule has 4 heteroatoms. The molecule has 0 aliphatic carbocycles. The van der Waals surface area contributed by atoms with Crippen LogP contribution in [0.5, 0.6) is 0 Å². The number of hydrogen-bond donors (Lipinski definition) is 1. The summed E-state index contributed by atoms with van der Waals surface area (Å²) in [5.74, 6) is 1.03. The minimum atomic E-state index is -0.0598. The molecule has 0 fully saturated rings. The molecule has 0 radical (unpaired) electrons. The van der Waals surface area contributed by atoms with Gasteiger partial charge < -0.3 is 9.73 Å². The second kappa shape index (κ2) is 5.03. The Hall–Kier alpha value is -1.48. The van der Waals surface area contributed by atoms with Gasteiger partial charge in [0.15, 0.2) is 0 Å². The Morgan fingerprint density at radius 3 is 2.94 bits per heavy atom. The third kappa shape index (κ3) is 2.55. The van der Waals surface area contributed by atoms with Gasteiger partial charge in [0.05, 0.1) is 6.54 Å². The maximum Gasteiger partial charge on any atom is 0.221 e. The van der Waals surface area contributed by atoms with Crippen LogP contribution in [-0.2, 0) is 11.3 Å². The summed E-state index contributed by atoms with van der Waals surface area (Å²) < 4.78 is 5.55. The quantitative estimate of drug-likeness (QED) is 0.831. The highest BCUT2D eigenvalue weighted by atomic mass is 35.5. The van der Waals surface area contributed by atoms with Gasteiger partial charge in [0.2, 0.25) is 5.91 Å². The lowest BCUT2D eigenvalue weighted by atomic mass is 10.2. The van der Waals surface area contributed by atoms with E-state index in [4.69, 9.17) is 16.0 Å². The molecule has 1 heterocycles. The number of carbonyl (C=O) groups excluding carboxylic acids is 1. The van der Waals surface area contributed by atoms with Crippen molar-refractivity contribution in [3.05, 3.63) is 36.1 Å². The summed E-state index contributed by atoms with van der Waals surface area (Å²) in [6, 6.07) is 9.67. The lowest BCUT2D eigenvalue weighted by Gasteiger charge is -1.99. The number of alkyl halides is 1. The average molecular weight is 238 g/mol. The van der Waals surface area contributed by atoms with Gasteiger partial charge >= 0.3 is 0 Å². The van der Waals surface area contributed by atoms with Crippen molar-refractivity contribution in [2.24, 2.45) is 0 Å². The molecule has 2 rings (SSSR count). The van der Waals surface area contributed by atoms with Crippen molar-refractivity contribution in [1.82, 2.24) is 5.32 Å². The van der Waals surface area contributed by atoms with Crippen molar-refractivity contribution in [2.75, 3.05) is 5.88 Å². The first-order valence-corrected chi connectivity index (χ1v) is 5.63. The standard InChI is InChI=1S/C12H12ClNO2/c13-6-5-12(15)14-8-10-7-9-3-1-2-4-11(9)16-10/h1-4,7H,5-6,8H2,(H,14,15). The van der Waals surface area contributed by atoms with Gasteiger partial charge in [0, 0.05) is 17.7 Å². The summed E-state index contributed by atoms with van der Waals surface area (Å²) in [6.45, 7) is 0.407. The van der Waals surface area contributed by atoms with Crippen LogP contribution in [0, 0.1) is 0 Å². The van der Waals surface area contributed by atoms with Crippen molar-refractivity contribution in [1.29, 1.82) is 0 Å². The minimum Gasteiger partial charge on any atom is -0.459 e. The van der Waals surface area contributed by atoms with Gasteiger partial charge in [-0.25, -0.2) is 0 Å². The molecule has 0 saturated heterocycles. The molecule has 0 bridgehead atoms. The Labute approximate surface area is 98.4 Å². The zero-order chi connectivity index (χ0) is 11.4. The molecule has 1 N–H and O–H groups in total. The molecule has 0 unspecified atom stereocenters. The molecule has 0 spiro atoms. The van der Waals surface area contributed by atoms with E-state index in [9.17, 15) is 4.79 Å². The van der Waals surface area contributed by atoms with Gasteiger partial charge in [0.25, 0.3) is 0 Å². The number of carbonyl (C=O) groups is 1. The number of fused-ring (bicyclic) bond motifs is 1. The number of para-hydroxylation sites is 1. The van der Waals surface area contributed by atoms with Crippen molar-refractivity contribution in [3.63, 3.8) is 0 Å². The molecule has 84 valence electrons. The molecule has 0 saturated carbocycles. The summed E-state index contributed by atoms with van der Waals surface area (Å²) >= 11 is 5.46. The molecule has 16 heavy (non-hydrogen) atoms. The van der Waals surface area contributed by atoms with Gasteiger partial charge in [-0.2, -0.15) is 0 Å². The van der Waals surface area contributed by atoms with E-state index in [1.54, 1.807) is 0 Å². The molecular formula is C12H12ClNO2. The average Bonchev–Trinajstić information content (AvgIpc) is 2.69. The molecule has 1 aromatic heterocycles. The van der Waals surface area contributed by atoms with Crippen molar-refractivity contribution >= 4 is 28.5 Å². The smallest absolute Gasteiger partial charge is 0.221 e. The fraction of sp³-hybridized carbons (Fsp3) is 0.250. The minimum absolute atomic E-state index is 0.0598. The van der Waals surface area contributed by atoms with E-state index in [2.05, 4.69) is 5.32 Å². The summed E-state index contributed by atoms with van der Waals surface area (Å²) in [5, 5.41) is 3.79. The maximum atomic E-state index is 11.2. The van der Waals surface area contributed by atoms with Crippen LogP contribution in [-0.4, -0.2) is 11.8 Å². The monoisotopic (exact) mass is 237 g/mol. The Morgan fingerprint density at radius 2 is 2.19 bits per heavy atom. The molecule has 0 aliphatic rings. The Bertz CT molecular complexity index is 459. The largest absolute Gasteiger partial charge is 0.459 e. The van der Waals surface area contributed by atoms with Crippen LogP contribution >= 0.6 is 11.6 Å². The number of benzene rings is 1. The van der Waals surface area contributed by atoms with Crippen LogP contribution in [0.1, 0.15) is 12.2 Å². The molecule has 1 aromatic carbocycles. The Morgan fingerprint density at radius 1 is 1.38 bits per heavy atom. The highest BCUT2D eigenvalue weighted by molar-refractivity contribution is 6.18. The molecular weight excluding hydrogens is 226 g/mol. The van der Waals surface area contributed by atoms with Crippen LogP contribution in [0.15, 0.2) is 34.7 Å². The molecule has 3 nitrogen and oxygen atoms in total. The van der Waals surface area contributed by atoms with Crippen LogP contribution in [0.25, 0.3) is 11.0 Å². The highest BCUT2D eigenvalue weighted by Gasteiger charge is 2.04. The fourth-order valence-electron chi connectivity index (χ4n) is 1.48. The Kier molecular flexibility index (Phi) is 3.47. The van der Waals surface area contributed by atoms with Crippen LogP contribution in [0.2, 0.25) is 0 Å². The van der Waals surface area contributed by atoms with E-state index >= 15 is 0 Å². The van der Waals surface area contributed by atoms with Crippen molar-refractivity contribution in [2.45, 2.75) is 13.0 Å². The number of halogens is 1. The predicted octanol–water partition coefficient (Wildman–Crippen LogP) is 2.68. The first kappa shape index (κ1) is 11.0. The third-order valence-corrected chi connectivity index (χ3v) is 2.45. The summed E-state index contributed by atoms with van der Waals surface area (Å²) in [4.78, 5) is 11.2. The zero-order valence-corrected chi connectivity index (χ0v) is 9.46. The topological polar surface area (TPSA) is 42.2 Å². The van der Waals surface area contributed by atoms with E-state index in [0.717, 1.165) is 16.7 Å². The molecule has 0 atom stereocenters. The van der Waals surface area contributed by atoms with E-state index in [1.165, 1.54) is 0 Å². The summed E-state index contributed by atoms with van der Waals surface area (Å²) in [7, 11) is 0. The van der Waals surface area contributed by atoms with Crippen molar-refractivity contribution in [3.8, 4) is 0 Å². The van der Waals surface area contributed by atoms with E-state index in [0.29, 0.717) is 18.8 Å². The van der Waals surface area contributed by atoms with E-state index in [1.807, 2.05) is 30.3 Å². The second-order valence-corrected chi connectivity index (χ2v) is 3.84. The highest BCUT2D eigenvalue weighted by Crippen LogP contribution is 2.18. The van der Waals surface area contributed by atoms with E-state index < -0.39 is 0 Å². The van der Waals surface area contributed by atoms with Gasteiger partial charge in [0.1, 0.15) is 11.3 Å².